The van der Waals surface area contributed by atoms with Gasteiger partial charge in [-0.15, -0.1) is 0 Å². The maximum Gasteiger partial charge on any atom is 0.122 e. The van der Waals surface area contributed by atoms with Crippen LogP contribution in [0.5, 0.6) is 0 Å². The third-order valence-electron chi connectivity index (χ3n) is 2.61. The molecule has 0 saturated carbocycles. The highest BCUT2D eigenvalue weighted by atomic mass is 16.6. The van der Waals surface area contributed by atoms with Gasteiger partial charge < -0.3 is 10.5 Å². The van der Waals surface area contributed by atoms with Crippen molar-refractivity contribution in [2.24, 2.45) is 5.73 Å². The molecule has 6 heteroatoms. The summed E-state index contributed by atoms with van der Waals surface area (Å²) in [5.41, 5.74) is 7.32. The van der Waals surface area contributed by atoms with Crippen LogP contribution in [0.2, 0.25) is 0 Å². The van der Waals surface area contributed by atoms with Crippen LogP contribution in [0.15, 0.2) is 4.63 Å². The van der Waals surface area contributed by atoms with Gasteiger partial charge in [-0.2, -0.15) is 0 Å². The number of nitrogens with zero attached hydrogens (tertiary/aromatic N) is 3. The largest absolute Gasteiger partial charge is 0.374 e. The smallest absolute Gasteiger partial charge is 0.122 e. The summed E-state index contributed by atoms with van der Waals surface area (Å²) in [7, 11) is 0. The van der Waals surface area contributed by atoms with E-state index >= 15 is 0 Å². The van der Waals surface area contributed by atoms with Crippen molar-refractivity contribution in [3.63, 3.8) is 0 Å². The third-order valence-corrected chi connectivity index (χ3v) is 2.61. The molecule has 2 N–H and O–H groups in total. The van der Waals surface area contributed by atoms with Crippen LogP contribution in [0.25, 0.3) is 0 Å². The molecular formula is C9H16N4O2. The van der Waals surface area contributed by atoms with Crippen LogP contribution < -0.4 is 5.73 Å². The topological polar surface area (TPSA) is 77.4 Å². The molecule has 2 rings (SSSR count). The van der Waals surface area contributed by atoms with Crippen molar-refractivity contribution in [2.75, 3.05) is 26.2 Å². The van der Waals surface area contributed by atoms with E-state index in [4.69, 9.17) is 10.5 Å². The lowest BCUT2D eigenvalue weighted by Gasteiger charge is -2.31. The van der Waals surface area contributed by atoms with Gasteiger partial charge in [0.2, 0.25) is 0 Å². The van der Waals surface area contributed by atoms with Gasteiger partial charge in [-0.05, 0) is 6.92 Å². The van der Waals surface area contributed by atoms with Crippen molar-refractivity contribution in [3.8, 4) is 0 Å². The molecule has 15 heavy (non-hydrogen) atoms. The molecule has 0 amide bonds. The summed E-state index contributed by atoms with van der Waals surface area (Å²) >= 11 is 0. The lowest BCUT2D eigenvalue weighted by Crippen LogP contribution is -2.45. The van der Waals surface area contributed by atoms with Crippen LogP contribution in [0.3, 0.4) is 0 Å². The first kappa shape index (κ1) is 10.5. The summed E-state index contributed by atoms with van der Waals surface area (Å²) in [5, 5.41) is 7.61. The van der Waals surface area contributed by atoms with Crippen molar-refractivity contribution < 1.29 is 9.37 Å². The van der Waals surface area contributed by atoms with E-state index in [-0.39, 0.29) is 6.10 Å². The summed E-state index contributed by atoms with van der Waals surface area (Å²) in [6.45, 7) is 5.70. The molecule has 0 radical (unpaired) electrons. The average Bonchev–Trinajstić information content (AvgIpc) is 2.65. The number of aryl methyl sites for hydroxylation is 1. The molecular weight excluding hydrogens is 196 g/mol. The fraction of sp³-hybridized carbons (Fsp3) is 0.778. The van der Waals surface area contributed by atoms with Crippen LogP contribution in [0, 0.1) is 6.92 Å². The third kappa shape index (κ3) is 2.53. The van der Waals surface area contributed by atoms with E-state index in [0.717, 1.165) is 37.6 Å². The second-order valence-corrected chi connectivity index (χ2v) is 3.76. The predicted octanol–water partition coefficient (Wildman–Crippen LogP) is -0.462. The van der Waals surface area contributed by atoms with E-state index in [9.17, 15) is 0 Å². The molecule has 84 valence electrons. The van der Waals surface area contributed by atoms with E-state index in [0.29, 0.717) is 6.54 Å². The zero-order chi connectivity index (χ0) is 10.7. The van der Waals surface area contributed by atoms with Gasteiger partial charge >= 0.3 is 0 Å². The second-order valence-electron chi connectivity index (χ2n) is 3.76. The Kier molecular flexibility index (Phi) is 3.30. The maximum atomic E-state index is 5.57. The summed E-state index contributed by atoms with van der Waals surface area (Å²) in [5.74, 6) is 0. The summed E-state index contributed by atoms with van der Waals surface area (Å²) < 4.78 is 10.1. The first-order valence-corrected chi connectivity index (χ1v) is 5.11. The lowest BCUT2D eigenvalue weighted by molar-refractivity contribution is -0.0267. The Morgan fingerprint density at radius 3 is 3.07 bits per heavy atom. The quantitative estimate of drug-likeness (QED) is 0.730. The van der Waals surface area contributed by atoms with E-state index in [1.54, 1.807) is 0 Å². The fourth-order valence-corrected chi connectivity index (χ4v) is 1.67. The Bertz CT molecular complexity index is 315. The van der Waals surface area contributed by atoms with Crippen molar-refractivity contribution >= 4 is 0 Å². The number of morpholine rings is 1. The van der Waals surface area contributed by atoms with Gasteiger partial charge in [-0.3, -0.25) is 4.90 Å². The molecule has 2 heterocycles. The molecule has 1 saturated heterocycles. The van der Waals surface area contributed by atoms with Crippen molar-refractivity contribution in [1.82, 2.24) is 15.2 Å². The normalized spacial score (nSPS) is 23.2. The highest BCUT2D eigenvalue weighted by Crippen LogP contribution is 2.10. The molecule has 1 aromatic heterocycles. The SMILES string of the molecule is Cc1nonc1CN1CCOC(CN)C1. The van der Waals surface area contributed by atoms with Gasteiger partial charge in [0.25, 0.3) is 0 Å². The molecule has 1 aromatic rings. The van der Waals surface area contributed by atoms with E-state index in [1.165, 1.54) is 0 Å². The Labute approximate surface area is 88.3 Å². The van der Waals surface area contributed by atoms with Gasteiger partial charge in [-0.1, -0.05) is 10.3 Å². The molecule has 6 nitrogen and oxygen atoms in total. The van der Waals surface area contributed by atoms with Gasteiger partial charge in [0.1, 0.15) is 11.4 Å². The van der Waals surface area contributed by atoms with E-state index in [2.05, 4.69) is 19.8 Å². The Balaban J connectivity index is 1.92. The van der Waals surface area contributed by atoms with Crippen LogP contribution in [-0.2, 0) is 11.3 Å². The first-order valence-electron chi connectivity index (χ1n) is 5.11. The monoisotopic (exact) mass is 212 g/mol. The molecule has 0 spiro atoms. The second kappa shape index (κ2) is 4.69. The van der Waals surface area contributed by atoms with E-state index < -0.39 is 0 Å². The number of hydrogen-bond donors (Lipinski definition) is 1. The average molecular weight is 212 g/mol. The minimum absolute atomic E-state index is 0.138. The molecule has 1 aliphatic heterocycles. The molecule has 0 aromatic carbocycles. The Hall–Kier alpha value is -0.980. The number of aromatic nitrogens is 2. The Morgan fingerprint density at radius 2 is 2.40 bits per heavy atom. The highest BCUT2D eigenvalue weighted by molar-refractivity contribution is 5.04. The predicted molar refractivity (Wildman–Crippen MR) is 53.1 cm³/mol. The lowest BCUT2D eigenvalue weighted by atomic mass is 10.2. The first-order chi connectivity index (χ1) is 7.29. The van der Waals surface area contributed by atoms with Crippen LogP contribution >= 0.6 is 0 Å². The van der Waals surface area contributed by atoms with Crippen molar-refractivity contribution in [3.05, 3.63) is 11.4 Å². The summed E-state index contributed by atoms with van der Waals surface area (Å²) in [6, 6.07) is 0. The zero-order valence-corrected chi connectivity index (χ0v) is 8.85. The number of hydrogen-bond acceptors (Lipinski definition) is 6. The molecule has 1 atom stereocenters. The fourth-order valence-electron chi connectivity index (χ4n) is 1.67. The van der Waals surface area contributed by atoms with Crippen LogP contribution in [-0.4, -0.2) is 47.6 Å². The number of nitrogens with two attached hydrogens (primary N) is 1. The number of ether oxygens (including phenoxy) is 1. The minimum atomic E-state index is 0.138. The summed E-state index contributed by atoms with van der Waals surface area (Å²) in [4.78, 5) is 2.26. The molecule has 1 aliphatic rings. The number of rotatable bonds is 3. The maximum absolute atomic E-state index is 5.57. The zero-order valence-electron chi connectivity index (χ0n) is 8.85. The molecule has 1 unspecified atom stereocenters. The molecule has 1 fully saturated rings. The molecule has 0 aliphatic carbocycles. The summed E-state index contributed by atoms with van der Waals surface area (Å²) in [6.07, 6.45) is 0.138. The minimum Gasteiger partial charge on any atom is -0.374 e. The van der Waals surface area contributed by atoms with Crippen molar-refractivity contribution in [1.29, 1.82) is 0 Å². The highest BCUT2D eigenvalue weighted by Gasteiger charge is 2.20. The van der Waals surface area contributed by atoms with E-state index in [1.807, 2.05) is 6.92 Å². The standard InChI is InChI=1S/C9H16N4O2/c1-7-9(12-15-11-7)6-13-2-3-14-8(4-10)5-13/h8H,2-6,10H2,1H3. The molecule has 0 bridgehead atoms. The van der Waals surface area contributed by atoms with Gasteiger partial charge in [0, 0.05) is 26.2 Å². The van der Waals surface area contributed by atoms with Crippen LogP contribution in [0.4, 0.5) is 0 Å². The Morgan fingerprint density at radius 1 is 1.53 bits per heavy atom. The van der Waals surface area contributed by atoms with Gasteiger partial charge in [0.15, 0.2) is 0 Å². The van der Waals surface area contributed by atoms with Crippen molar-refractivity contribution in [2.45, 2.75) is 19.6 Å². The van der Waals surface area contributed by atoms with Crippen LogP contribution in [0.1, 0.15) is 11.4 Å². The van der Waals surface area contributed by atoms with Gasteiger partial charge in [-0.25, -0.2) is 4.63 Å². The van der Waals surface area contributed by atoms with Gasteiger partial charge in [0.05, 0.1) is 12.7 Å².